The number of hydrogen-bond acceptors (Lipinski definition) is 8. The lowest BCUT2D eigenvalue weighted by Crippen LogP contribution is -2.32. The maximum atomic E-state index is 9.95. The molecule has 0 aromatic carbocycles. The average Bonchev–Trinajstić information content (AvgIpc) is 2.94. The van der Waals surface area contributed by atoms with Crippen LogP contribution >= 0.6 is 0 Å². The molecule has 2 aromatic rings. The Balaban J connectivity index is 2.04. The predicted molar refractivity (Wildman–Crippen MR) is 62.8 cm³/mol. The van der Waals surface area contributed by atoms with E-state index in [-0.39, 0.29) is 5.82 Å². The van der Waals surface area contributed by atoms with E-state index in [1.54, 1.807) is 0 Å². The smallest absolute Gasteiger partial charge is 0.155 e. The van der Waals surface area contributed by atoms with Crippen molar-refractivity contribution in [2.45, 2.75) is 24.4 Å². The summed E-state index contributed by atoms with van der Waals surface area (Å²) in [4.78, 5) is 7.84. The first-order valence-corrected chi connectivity index (χ1v) is 5.70. The van der Waals surface area contributed by atoms with Crippen LogP contribution in [-0.4, -0.2) is 60.4 Å². The minimum atomic E-state index is -1.18. The number of rotatable bonds is 2. The first kappa shape index (κ1) is 12.2. The lowest BCUT2D eigenvalue weighted by molar-refractivity contribution is -0.0236. The molecular formula is C10H13N5O4. The number of nitrogens with zero attached hydrogens (tertiary/aromatic N) is 3. The molecule has 1 aliphatic rings. The van der Waals surface area contributed by atoms with E-state index in [0.29, 0.717) is 16.7 Å². The van der Waals surface area contributed by atoms with Crippen molar-refractivity contribution in [3.63, 3.8) is 0 Å². The Morgan fingerprint density at radius 2 is 2.05 bits per heavy atom. The molecular weight excluding hydrogens is 254 g/mol. The van der Waals surface area contributed by atoms with Crippen LogP contribution in [0.25, 0.3) is 11.0 Å². The first-order chi connectivity index (χ1) is 9.13. The molecule has 0 saturated carbocycles. The highest BCUT2D eigenvalue weighted by molar-refractivity contribution is 5.85. The topological polar surface area (TPSA) is 150 Å². The van der Waals surface area contributed by atoms with Crippen molar-refractivity contribution < 1.29 is 20.1 Å². The summed E-state index contributed by atoms with van der Waals surface area (Å²) in [6, 6.07) is 0. The Morgan fingerprint density at radius 1 is 1.26 bits per heavy atom. The third-order valence-electron chi connectivity index (χ3n) is 3.22. The molecule has 0 aliphatic carbocycles. The number of nitrogens with one attached hydrogen (secondary N) is 1. The molecule has 9 heteroatoms. The van der Waals surface area contributed by atoms with Gasteiger partial charge in [-0.3, -0.25) is 5.10 Å². The van der Waals surface area contributed by atoms with Crippen molar-refractivity contribution in [2.75, 3.05) is 12.3 Å². The van der Waals surface area contributed by atoms with Crippen LogP contribution in [0.4, 0.5) is 5.82 Å². The number of ether oxygens (including phenoxy) is 1. The van der Waals surface area contributed by atoms with Crippen LogP contribution < -0.4 is 5.73 Å². The van der Waals surface area contributed by atoms with Gasteiger partial charge < -0.3 is 25.8 Å². The summed E-state index contributed by atoms with van der Waals surface area (Å²) in [6.45, 7) is -0.391. The molecule has 1 saturated heterocycles. The Hall–Kier alpha value is -1.81. The van der Waals surface area contributed by atoms with E-state index in [4.69, 9.17) is 15.6 Å². The molecule has 9 nitrogen and oxygen atoms in total. The molecule has 6 N–H and O–H groups in total. The molecule has 2 aromatic heterocycles. The molecule has 19 heavy (non-hydrogen) atoms. The van der Waals surface area contributed by atoms with Crippen LogP contribution in [0.3, 0.4) is 0 Å². The summed E-state index contributed by atoms with van der Waals surface area (Å²) in [7, 11) is 0. The Morgan fingerprint density at radius 3 is 2.74 bits per heavy atom. The fraction of sp³-hybridized carbons (Fsp3) is 0.500. The minimum Gasteiger partial charge on any atom is -0.394 e. The maximum absolute atomic E-state index is 9.95. The van der Waals surface area contributed by atoms with E-state index in [1.165, 1.54) is 6.33 Å². The molecule has 0 amide bonds. The Bertz CT molecular complexity index is 603. The number of nitrogen functional groups attached to an aromatic ring is 1. The summed E-state index contributed by atoms with van der Waals surface area (Å²) in [5.74, 6) is 0.208. The number of aliphatic hydroxyl groups is 3. The van der Waals surface area contributed by atoms with Gasteiger partial charge in [-0.15, -0.1) is 0 Å². The summed E-state index contributed by atoms with van der Waals surface area (Å²) in [5, 5.41) is 35.4. The highest BCUT2D eigenvalue weighted by Crippen LogP contribution is 2.35. The number of aromatic nitrogens is 4. The zero-order valence-corrected chi connectivity index (χ0v) is 9.76. The number of nitrogens with two attached hydrogens (primary N) is 1. The van der Waals surface area contributed by atoms with Crippen molar-refractivity contribution in [1.29, 1.82) is 0 Å². The van der Waals surface area contributed by atoms with Gasteiger partial charge in [0.15, 0.2) is 11.3 Å². The highest BCUT2D eigenvalue weighted by atomic mass is 16.6. The predicted octanol–water partition coefficient (Wildman–Crippen LogP) is -1.91. The second-order valence-corrected chi connectivity index (χ2v) is 4.35. The molecule has 2 unspecified atom stereocenters. The number of anilines is 1. The number of H-pyrrole nitrogens is 1. The van der Waals surface area contributed by atoms with Crippen molar-refractivity contribution >= 4 is 16.9 Å². The molecule has 102 valence electrons. The van der Waals surface area contributed by atoms with Crippen LogP contribution in [0.1, 0.15) is 11.8 Å². The molecule has 0 radical (unpaired) electrons. The average molecular weight is 267 g/mol. The van der Waals surface area contributed by atoms with Crippen LogP contribution in [0.15, 0.2) is 6.33 Å². The molecule has 3 heterocycles. The number of fused-ring (bicyclic) bond motifs is 1. The van der Waals surface area contributed by atoms with Gasteiger partial charge in [-0.2, -0.15) is 5.10 Å². The second kappa shape index (κ2) is 4.38. The quantitative estimate of drug-likeness (QED) is 0.423. The van der Waals surface area contributed by atoms with E-state index >= 15 is 0 Å². The molecule has 3 rings (SSSR count). The van der Waals surface area contributed by atoms with Crippen molar-refractivity contribution in [1.82, 2.24) is 20.2 Å². The van der Waals surface area contributed by atoms with Gasteiger partial charge in [0, 0.05) is 0 Å². The van der Waals surface area contributed by atoms with E-state index in [9.17, 15) is 10.2 Å². The zero-order chi connectivity index (χ0) is 13.6. The van der Waals surface area contributed by atoms with Gasteiger partial charge in [0.25, 0.3) is 0 Å². The molecule has 1 fully saturated rings. The third kappa shape index (κ3) is 1.75. The lowest BCUT2D eigenvalue weighted by Gasteiger charge is -2.12. The number of aromatic amines is 1. The standard InChI is InChI=1S/C10H13N5O4/c11-10-6-4(12-2-13-10)5(14-15-6)9-8(18)7(17)3(1-16)19-9/h2-3,7-9,16-18H,1H2,(H,14,15)(H2,11,12,13)/t3-,7?,8?,9+/m1/s1. The fourth-order valence-corrected chi connectivity index (χ4v) is 2.21. The maximum Gasteiger partial charge on any atom is 0.155 e. The van der Waals surface area contributed by atoms with Crippen LogP contribution in [0, 0.1) is 0 Å². The monoisotopic (exact) mass is 267 g/mol. The summed E-state index contributed by atoms with van der Waals surface area (Å²) >= 11 is 0. The summed E-state index contributed by atoms with van der Waals surface area (Å²) < 4.78 is 5.40. The van der Waals surface area contributed by atoms with Crippen molar-refractivity contribution in [3.8, 4) is 0 Å². The van der Waals surface area contributed by atoms with Gasteiger partial charge in [-0.1, -0.05) is 0 Å². The SMILES string of the molecule is Nc1ncnc2c([C@@H]3O[C@H](CO)C(O)C3O)[nH]nc12. The largest absolute Gasteiger partial charge is 0.394 e. The van der Waals surface area contributed by atoms with Crippen molar-refractivity contribution in [2.24, 2.45) is 0 Å². The van der Waals surface area contributed by atoms with Gasteiger partial charge in [0.05, 0.1) is 12.3 Å². The summed E-state index contributed by atoms with van der Waals surface area (Å²) in [5.41, 5.74) is 6.84. The lowest BCUT2D eigenvalue weighted by atomic mass is 10.1. The highest BCUT2D eigenvalue weighted by Gasteiger charge is 2.44. The van der Waals surface area contributed by atoms with Gasteiger partial charge in [0.1, 0.15) is 36.3 Å². The Labute approximate surface area is 107 Å². The molecule has 0 spiro atoms. The van der Waals surface area contributed by atoms with Gasteiger partial charge in [-0.25, -0.2) is 9.97 Å². The van der Waals surface area contributed by atoms with Crippen LogP contribution in [0.2, 0.25) is 0 Å². The van der Waals surface area contributed by atoms with Gasteiger partial charge in [-0.05, 0) is 0 Å². The van der Waals surface area contributed by atoms with E-state index < -0.39 is 31.0 Å². The molecule has 4 atom stereocenters. The second-order valence-electron chi connectivity index (χ2n) is 4.35. The van der Waals surface area contributed by atoms with E-state index in [1.807, 2.05) is 0 Å². The first-order valence-electron chi connectivity index (χ1n) is 5.70. The zero-order valence-electron chi connectivity index (χ0n) is 9.76. The normalized spacial score (nSPS) is 31.1. The van der Waals surface area contributed by atoms with E-state index in [0.717, 1.165) is 0 Å². The van der Waals surface area contributed by atoms with Gasteiger partial charge >= 0.3 is 0 Å². The summed E-state index contributed by atoms with van der Waals surface area (Å²) in [6.07, 6.45) is -2.79. The minimum absolute atomic E-state index is 0.208. The molecule has 1 aliphatic heterocycles. The molecule has 0 bridgehead atoms. The Kier molecular flexibility index (Phi) is 2.82. The van der Waals surface area contributed by atoms with E-state index in [2.05, 4.69) is 20.2 Å². The number of hydrogen-bond donors (Lipinski definition) is 5. The van der Waals surface area contributed by atoms with Crippen LogP contribution in [-0.2, 0) is 4.74 Å². The fourth-order valence-electron chi connectivity index (χ4n) is 2.21. The third-order valence-corrected chi connectivity index (χ3v) is 3.22. The number of aliphatic hydroxyl groups excluding tert-OH is 3. The van der Waals surface area contributed by atoms with Gasteiger partial charge in [0.2, 0.25) is 0 Å². The van der Waals surface area contributed by atoms with Crippen LogP contribution in [0.5, 0.6) is 0 Å². The van der Waals surface area contributed by atoms with Crippen molar-refractivity contribution in [3.05, 3.63) is 12.0 Å².